The molecule has 15 heteroatoms. The van der Waals surface area contributed by atoms with E-state index in [9.17, 15) is 18.0 Å². The number of benzene rings is 2. The van der Waals surface area contributed by atoms with Crippen LogP contribution in [0.2, 0.25) is 0 Å². The van der Waals surface area contributed by atoms with E-state index in [2.05, 4.69) is 44.0 Å². The third-order valence-corrected chi connectivity index (χ3v) is 8.36. The molecular weight excluding hydrogens is 672 g/mol. The van der Waals surface area contributed by atoms with Crippen LogP contribution in [0.4, 0.5) is 18.0 Å². The molecule has 2 aliphatic rings. The molecule has 0 N–H and O–H groups in total. The van der Waals surface area contributed by atoms with Crippen LogP contribution in [0, 0.1) is 0 Å². The van der Waals surface area contributed by atoms with Crippen LogP contribution in [0.5, 0.6) is 17.8 Å². The number of nitrogens with zero attached hydrogens (tertiary/aromatic N) is 6. The Morgan fingerprint density at radius 1 is 0.917 bits per heavy atom. The zero-order chi connectivity index (χ0) is 32.8. The van der Waals surface area contributed by atoms with Gasteiger partial charge in [-0.2, -0.15) is 23.1 Å². The summed E-state index contributed by atoms with van der Waals surface area (Å²) >= 11 is 0. The van der Waals surface area contributed by atoms with Gasteiger partial charge in [0.15, 0.2) is 6.61 Å². The molecule has 0 radical (unpaired) electrons. The van der Waals surface area contributed by atoms with Gasteiger partial charge < -0.3 is 24.0 Å². The van der Waals surface area contributed by atoms with Crippen LogP contribution in [-0.4, -0.2) is 121 Å². The molecule has 2 aromatic carbocycles. The number of rotatable bonds is 10. The second-order valence-electron chi connectivity index (χ2n) is 11.7. The lowest BCUT2D eigenvalue weighted by molar-refractivity contribution is -0.154. The number of urea groups is 1. The number of aromatic nitrogens is 2. The number of alkyl halides is 3. The molecular formula is C33H43Cl2F3N6O4. The topological polar surface area (TPSA) is 83.5 Å². The van der Waals surface area contributed by atoms with Crippen molar-refractivity contribution in [3.05, 3.63) is 77.4 Å². The third kappa shape index (κ3) is 9.34. The second kappa shape index (κ2) is 17.2. The molecule has 48 heavy (non-hydrogen) atoms. The average Bonchev–Trinajstić information content (AvgIpc) is 3.04. The van der Waals surface area contributed by atoms with Crippen molar-refractivity contribution in [1.29, 1.82) is 0 Å². The molecule has 2 amide bonds. The molecule has 0 spiro atoms. The molecule has 0 unspecified atom stereocenters. The number of hydrogen-bond acceptors (Lipinski definition) is 8. The molecule has 3 aromatic rings. The van der Waals surface area contributed by atoms with E-state index in [1.807, 2.05) is 41.3 Å². The first-order chi connectivity index (χ1) is 22.1. The standard InChI is InChI=1S/C33H41F3N6O4.2ClH/c1-5-45-31-37-29(44-4)26(30(38-31)46-22-33(34,35)36)20-40-18-25-19-41(32(43)39(2)3)16-17-42(25)27(21-40)28(23-12-8-6-9-13-23)24-14-10-7-11-15-24;;/h6-15,25,27-28H,5,16-22H2,1-4H3;2*1H/t25-,27+;;/m1../s1. The number of amides is 2. The Labute approximate surface area is 292 Å². The zero-order valence-corrected chi connectivity index (χ0v) is 29.1. The van der Waals surface area contributed by atoms with E-state index in [0.717, 1.165) is 11.1 Å². The Balaban J connectivity index is 0.00000312. The van der Waals surface area contributed by atoms with E-state index in [1.54, 1.807) is 25.9 Å². The van der Waals surface area contributed by atoms with Crippen LogP contribution >= 0.6 is 24.8 Å². The Hall–Kier alpha value is -3.52. The molecule has 1 aromatic heterocycles. The second-order valence-corrected chi connectivity index (χ2v) is 11.7. The van der Waals surface area contributed by atoms with Gasteiger partial charge in [0.1, 0.15) is 0 Å². The molecule has 0 aliphatic carbocycles. The van der Waals surface area contributed by atoms with Gasteiger partial charge in [0, 0.05) is 71.4 Å². The van der Waals surface area contributed by atoms with Crippen molar-refractivity contribution >= 4 is 30.8 Å². The number of halogens is 5. The van der Waals surface area contributed by atoms with Crippen molar-refractivity contribution in [1.82, 2.24) is 29.6 Å². The number of carbonyl (C=O) groups excluding carboxylic acids is 1. The van der Waals surface area contributed by atoms with Gasteiger partial charge in [0.05, 0.1) is 19.3 Å². The summed E-state index contributed by atoms with van der Waals surface area (Å²) in [7, 11) is 4.89. The first-order valence-corrected chi connectivity index (χ1v) is 15.4. The maximum absolute atomic E-state index is 13.3. The summed E-state index contributed by atoms with van der Waals surface area (Å²) in [5.41, 5.74) is 2.61. The monoisotopic (exact) mass is 714 g/mol. The van der Waals surface area contributed by atoms with Crippen molar-refractivity contribution in [2.24, 2.45) is 0 Å². The molecule has 264 valence electrons. The lowest BCUT2D eigenvalue weighted by Gasteiger charge is -2.53. The van der Waals surface area contributed by atoms with Crippen molar-refractivity contribution in [3.63, 3.8) is 0 Å². The van der Waals surface area contributed by atoms with Gasteiger partial charge in [-0.05, 0) is 18.1 Å². The molecule has 0 bridgehead atoms. The third-order valence-electron chi connectivity index (χ3n) is 8.36. The highest BCUT2D eigenvalue weighted by Gasteiger charge is 2.43. The Kier molecular flexibility index (Phi) is 14.0. The minimum Gasteiger partial charge on any atom is -0.481 e. The number of carbonyl (C=O) groups is 1. The molecule has 2 fully saturated rings. The van der Waals surface area contributed by atoms with E-state index >= 15 is 0 Å². The zero-order valence-electron chi connectivity index (χ0n) is 27.4. The van der Waals surface area contributed by atoms with Crippen molar-refractivity contribution < 1.29 is 32.2 Å². The quantitative estimate of drug-likeness (QED) is 0.278. The van der Waals surface area contributed by atoms with Gasteiger partial charge in [0.25, 0.3) is 0 Å². The smallest absolute Gasteiger partial charge is 0.422 e. The predicted molar refractivity (Wildman–Crippen MR) is 181 cm³/mol. The Morgan fingerprint density at radius 3 is 2.06 bits per heavy atom. The summed E-state index contributed by atoms with van der Waals surface area (Å²) in [6, 6.07) is 20.4. The van der Waals surface area contributed by atoms with Crippen molar-refractivity contribution in [2.75, 3.05) is 67.1 Å². The molecule has 5 rings (SSSR count). The summed E-state index contributed by atoms with van der Waals surface area (Å²) < 4.78 is 56.1. The molecule has 3 heterocycles. The van der Waals surface area contributed by atoms with E-state index in [0.29, 0.717) is 38.3 Å². The predicted octanol–water partition coefficient (Wildman–Crippen LogP) is 5.35. The average molecular weight is 716 g/mol. The van der Waals surface area contributed by atoms with Crippen LogP contribution in [0.1, 0.15) is 29.5 Å². The molecule has 2 aliphatic heterocycles. The van der Waals surface area contributed by atoms with Gasteiger partial charge in [-0.15, -0.1) is 24.8 Å². The van der Waals surface area contributed by atoms with Crippen molar-refractivity contribution in [3.8, 4) is 17.8 Å². The van der Waals surface area contributed by atoms with Crippen LogP contribution < -0.4 is 14.2 Å². The lowest BCUT2D eigenvalue weighted by Crippen LogP contribution is -2.67. The summed E-state index contributed by atoms with van der Waals surface area (Å²) in [4.78, 5) is 29.7. The Bertz CT molecular complexity index is 1420. The fourth-order valence-corrected chi connectivity index (χ4v) is 6.47. The molecule has 10 nitrogen and oxygen atoms in total. The number of ether oxygens (including phenoxy) is 3. The van der Waals surface area contributed by atoms with Gasteiger partial charge in [0.2, 0.25) is 11.8 Å². The van der Waals surface area contributed by atoms with E-state index < -0.39 is 12.8 Å². The minimum absolute atomic E-state index is 0. The largest absolute Gasteiger partial charge is 0.481 e. The van der Waals surface area contributed by atoms with E-state index in [4.69, 9.17) is 14.2 Å². The van der Waals surface area contributed by atoms with Crippen molar-refractivity contribution in [2.45, 2.75) is 37.6 Å². The van der Waals surface area contributed by atoms with Gasteiger partial charge in [-0.25, -0.2) is 4.79 Å². The highest BCUT2D eigenvalue weighted by Crippen LogP contribution is 2.38. The molecule has 2 atom stereocenters. The number of fused-ring (bicyclic) bond motifs is 1. The summed E-state index contributed by atoms with van der Waals surface area (Å²) in [5, 5.41) is 0. The number of piperazine rings is 2. The Morgan fingerprint density at radius 2 is 1.52 bits per heavy atom. The summed E-state index contributed by atoms with van der Waals surface area (Å²) in [6.07, 6.45) is -4.57. The maximum atomic E-state index is 13.3. The first-order valence-electron chi connectivity index (χ1n) is 15.4. The normalized spacial score (nSPS) is 18.3. The van der Waals surface area contributed by atoms with Crippen LogP contribution in [0.25, 0.3) is 0 Å². The number of methoxy groups -OCH3 is 1. The summed E-state index contributed by atoms with van der Waals surface area (Å²) in [6.45, 7) is 3.52. The van der Waals surface area contributed by atoms with Crippen LogP contribution in [-0.2, 0) is 6.54 Å². The van der Waals surface area contributed by atoms with Crippen LogP contribution in [0.3, 0.4) is 0 Å². The van der Waals surface area contributed by atoms with Gasteiger partial charge in [-0.1, -0.05) is 60.7 Å². The fraction of sp³-hybridized carbons (Fsp3) is 0.485. The first kappa shape index (κ1) is 38.9. The lowest BCUT2D eigenvalue weighted by atomic mass is 9.81. The maximum Gasteiger partial charge on any atom is 0.422 e. The fourth-order valence-electron chi connectivity index (χ4n) is 6.47. The highest BCUT2D eigenvalue weighted by molar-refractivity contribution is 5.85. The van der Waals surface area contributed by atoms with Gasteiger partial charge in [-0.3, -0.25) is 9.80 Å². The van der Waals surface area contributed by atoms with E-state index in [-0.39, 0.29) is 79.8 Å². The van der Waals surface area contributed by atoms with E-state index in [1.165, 1.54) is 7.11 Å². The number of hydrogen-bond donors (Lipinski definition) is 0. The summed E-state index contributed by atoms with van der Waals surface area (Å²) in [5.74, 6) is -0.157. The SMILES string of the molecule is CCOc1nc(OC)c(CN2C[C@@H]3CN(C(=O)N(C)C)CCN3[C@H](C(c3ccccc3)c3ccccc3)C2)c(OCC(F)(F)F)n1.Cl.Cl. The van der Waals surface area contributed by atoms with Crippen LogP contribution in [0.15, 0.2) is 60.7 Å². The van der Waals surface area contributed by atoms with Gasteiger partial charge >= 0.3 is 18.2 Å². The highest BCUT2D eigenvalue weighted by atomic mass is 35.5. The molecule has 0 saturated carbocycles. The molecule has 2 saturated heterocycles. The minimum atomic E-state index is -4.57.